The molecule has 0 amide bonds. The zero-order valence-corrected chi connectivity index (χ0v) is 20.0. The Kier molecular flexibility index (Phi) is 5.64. The highest BCUT2D eigenvalue weighted by atomic mass is 19.1. The van der Waals surface area contributed by atoms with Crippen molar-refractivity contribution >= 4 is 11.8 Å². The van der Waals surface area contributed by atoms with E-state index in [4.69, 9.17) is 10.5 Å². The smallest absolute Gasteiger partial charge is 0.305 e. The largest absolute Gasteiger partial charge is 0.462 e. The summed E-state index contributed by atoms with van der Waals surface area (Å²) in [4.78, 5) is 24.6. The first-order valence-electron chi connectivity index (χ1n) is 12.8. The van der Waals surface area contributed by atoms with Gasteiger partial charge in [-0.1, -0.05) is 34.1 Å². The van der Waals surface area contributed by atoms with Gasteiger partial charge in [-0.2, -0.15) is 0 Å². The Balaban J connectivity index is 1.78. The van der Waals surface area contributed by atoms with Gasteiger partial charge in [0, 0.05) is 24.7 Å². The maximum Gasteiger partial charge on any atom is 0.305 e. The Bertz CT molecular complexity index is 757. The number of ether oxygens (including phenoxy) is 1. The van der Waals surface area contributed by atoms with E-state index in [2.05, 4.69) is 13.8 Å². The molecular weight excluding hydrogens is 393 g/mol. The van der Waals surface area contributed by atoms with E-state index in [1.54, 1.807) is 6.92 Å². The quantitative estimate of drug-likeness (QED) is 0.566. The molecule has 0 bridgehead atoms. The van der Waals surface area contributed by atoms with E-state index in [0.29, 0.717) is 50.7 Å². The summed E-state index contributed by atoms with van der Waals surface area (Å²) in [5.41, 5.74) is 4.01. The van der Waals surface area contributed by atoms with Crippen LogP contribution in [0.3, 0.4) is 0 Å². The number of hydrogen-bond donors (Lipinski definition) is 1. The van der Waals surface area contributed by atoms with Crippen molar-refractivity contribution in [3.05, 3.63) is 0 Å². The standard InChI is InChI=1S/C26H42FNO3/c1-5-11-24-12-8-18(29)17-22(24,4)15-16-25(28)19(24)9-13-23(7-3)20(31-21(30)6-2)10-14-26(23,25)27/h19-20H,5-17,28H2,1-4H3/t19-,20?,22+,23?,24?,25?,26+/m1/s1. The summed E-state index contributed by atoms with van der Waals surface area (Å²) in [6.45, 7) is 8.33. The molecule has 176 valence electrons. The number of carbonyl (C=O) groups is 2. The molecule has 4 nitrogen and oxygen atoms in total. The predicted molar refractivity (Wildman–Crippen MR) is 119 cm³/mol. The Hall–Kier alpha value is -0.970. The summed E-state index contributed by atoms with van der Waals surface area (Å²) >= 11 is 0. The lowest BCUT2D eigenvalue weighted by Gasteiger charge is -2.70. The summed E-state index contributed by atoms with van der Waals surface area (Å²) < 4.78 is 23.4. The Labute approximate surface area is 187 Å². The van der Waals surface area contributed by atoms with E-state index in [0.717, 1.165) is 38.5 Å². The van der Waals surface area contributed by atoms with Crippen LogP contribution in [0.5, 0.6) is 0 Å². The highest BCUT2D eigenvalue weighted by Crippen LogP contribution is 2.74. The zero-order valence-electron chi connectivity index (χ0n) is 20.0. The van der Waals surface area contributed by atoms with Crippen LogP contribution in [0.2, 0.25) is 0 Å². The number of ketones is 1. The van der Waals surface area contributed by atoms with Gasteiger partial charge in [0.1, 0.15) is 17.6 Å². The minimum atomic E-state index is -1.53. The van der Waals surface area contributed by atoms with Crippen LogP contribution in [0.4, 0.5) is 4.39 Å². The van der Waals surface area contributed by atoms with Crippen molar-refractivity contribution in [3.8, 4) is 0 Å². The number of esters is 1. The molecule has 0 heterocycles. The third-order valence-electron chi connectivity index (χ3n) is 10.7. The zero-order chi connectivity index (χ0) is 22.7. The minimum absolute atomic E-state index is 0.0696. The van der Waals surface area contributed by atoms with Crippen LogP contribution in [-0.2, 0) is 14.3 Å². The summed E-state index contributed by atoms with van der Waals surface area (Å²) in [5.74, 6) is 0.205. The first-order chi connectivity index (χ1) is 14.6. The van der Waals surface area contributed by atoms with Crippen molar-refractivity contribution in [3.63, 3.8) is 0 Å². The molecule has 0 aromatic carbocycles. The van der Waals surface area contributed by atoms with Crippen LogP contribution in [0, 0.1) is 22.2 Å². The van der Waals surface area contributed by atoms with Gasteiger partial charge < -0.3 is 10.5 Å². The fourth-order valence-corrected chi connectivity index (χ4v) is 9.17. The summed E-state index contributed by atoms with van der Waals surface area (Å²) in [6.07, 6.45) is 8.71. The van der Waals surface area contributed by atoms with Gasteiger partial charge >= 0.3 is 5.97 Å². The lowest BCUT2D eigenvalue weighted by atomic mass is 9.36. The molecule has 31 heavy (non-hydrogen) atoms. The monoisotopic (exact) mass is 435 g/mol. The normalized spacial score (nSPS) is 49.2. The van der Waals surface area contributed by atoms with Crippen molar-refractivity contribution < 1.29 is 18.7 Å². The van der Waals surface area contributed by atoms with Crippen LogP contribution in [0.1, 0.15) is 111 Å². The molecule has 0 aromatic heterocycles. The van der Waals surface area contributed by atoms with Gasteiger partial charge in [-0.15, -0.1) is 0 Å². The van der Waals surface area contributed by atoms with Gasteiger partial charge in [0.15, 0.2) is 0 Å². The molecule has 4 unspecified atom stereocenters. The average molecular weight is 436 g/mol. The SMILES string of the molecule is CCCC12CCC(=O)C[C@]1(C)CCC1(N)[C@@H]2CCC2(CC)C(OC(=O)CC)CC[C@]21F. The lowest BCUT2D eigenvalue weighted by molar-refractivity contribution is -0.227. The number of hydrogen-bond acceptors (Lipinski definition) is 4. The maximum atomic E-state index is 17.5. The average Bonchev–Trinajstić information content (AvgIpc) is 3.03. The molecule has 0 aromatic rings. The van der Waals surface area contributed by atoms with Crippen molar-refractivity contribution in [1.82, 2.24) is 0 Å². The third-order valence-corrected chi connectivity index (χ3v) is 10.7. The molecule has 2 N–H and O–H groups in total. The molecule has 4 aliphatic rings. The van der Waals surface area contributed by atoms with E-state index in [-0.39, 0.29) is 28.8 Å². The molecule has 0 aliphatic heterocycles. The third kappa shape index (κ3) is 2.80. The van der Waals surface area contributed by atoms with Crippen molar-refractivity contribution in [1.29, 1.82) is 0 Å². The first-order valence-corrected chi connectivity index (χ1v) is 12.8. The molecule has 0 spiro atoms. The van der Waals surface area contributed by atoms with Crippen LogP contribution in [-0.4, -0.2) is 29.1 Å². The van der Waals surface area contributed by atoms with E-state index in [1.165, 1.54) is 0 Å². The molecule has 5 heteroatoms. The number of alkyl halides is 1. The Morgan fingerprint density at radius 3 is 2.48 bits per heavy atom. The van der Waals surface area contributed by atoms with E-state index < -0.39 is 16.6 Å². The first kappa shape index (κ1) is 23.2. The second-order valence-electron chi connectivity index (χ2n) is 11.5. The maximum absolute atomic E-state index is 17.5. The van der Waals surface area contributed by atoms with Crippen molar-refractivity contribution in [2.24, 2.45) is 27.9 Å². The predicted octanol–water partition coefficient (Wildman–Crippen LogP) is 5.65. The van der Waals surface area contributed by atoms with Crippen molar-refractivity contribution in [2.45, 2.75) is 128 Å². The van der Waals surface area contributed by atoms with Crippen LogP contribution >= 0.6 is 0 Å². The molecule has 7 atom stereocenters. The van der Waals surface area contributed by atoms with Crippen molar-refractivity contribution in [2.75, 3.05) is 0 Å². The minimum Gasteiger partial charge on any atom is -0.462 e. The lowest BCUT2D eigenvalue weighted by Crippen LogP contribution is -2.77. The molecule has 4 fully saturated rings. The van der Waals surface area contributed by atoms with Gasteiger partial charge in [-0.3, -0.25) is 9.59 Å². The number of fused-ring (bicyclic) bond motifs is 5. The molecular formula is C26H42FNO3. The van der Waals surface area contributed by atoms with Gasteiger partial charge in [-0.05, 0) is 74.5 Å². The Morgan fingerprint density at radius 2 is 1.84 bits per heavy atom. The van der Waals surface area contributed by atoms with Gasteiger partial charge in [0.25, 0.3) is 0 Å². The Morgan fingerprint density at radius 1 is 1.10 bits per heavy atom. The summed E-state index contributed by atoms with van der Waals surface area (Å²) in [7, 11) is 0. The number of halogens is 1. The number of Topliss-reactive ketones (excluding diaryl/α,β-unsaturated/α-hetero) is 1. The van der Waals surface area contributed by atoms with Gasteiger partial charge in [-0.25, -0.2) is 4.39 Å². The highest BCUT2D eigenvalue weighted by Gasteiger charge is 2.77. The number of nitrogens with two attached hydrogens (primary N) is 1. The second-order valence-corrected chi connectivity index (χ2v) is 11.5. The molecule has 4 saturated carbocycles. The number of rotatable bonds is 5. The van der Waals surface area contributed by atoms with E-state index >= 15 is 4.39 Å². The highest BCUT2D eigenvalue weighted by molar-refractivity contribution is 5.80. The molecule has 0 radical (unpaired) electrons. The topological polar surface area (TPSA) is 69.4 Å². The number of carbonyl (C=O) groups excluding carboxylic acids is 2. The molecule has 4 aliphatic carbocycles. The van der Waals surface area contributed by atoms with E-state index in [9.17, 15) is 9.59 Å². The van der Waals surface area contributed by atoms with Crippen LogP contribution in [0.15, 0.2) is 0 Å². The van der Waals surface area contributed by atoms with Gasteiger partial charge in [0.2, 0.25) is 0 Å². The summed E-state index contributed by atoms with van der Waals surface area (Å²) in [6, 6.07) is 0. The second kappa shape index (κ2) is 7.53. The van der Waals surface area contributed by atoms with Crippen LogP contribution in [0.25, 0.3) is 0 Å². The van der Waals surface area contributed by atoms with E-state index in [1.807, 2.05) is 6.92 Å². The van der Waals surface area contributed by atoms with Gasteiger partial charge in [0.05, 0.1) is 5.54 Å². The molecule has 0 saturated heterocycles. The molecule has 4 rings (SSSR count). The van der Waals surface area contributed by atoms with Crippen LogP contribution < -0.4 is 5.73 Å². The fraction of sp³-hybridized carbons (Fsp3) is 0.923. The fourth-order valence-electron chi connectivity index (χ4n) is 9.17. The summed E-state index contributed by atoms with van der Waals surface area (Å²) in [5, 5.41) is 0.